The molecule has 0 atom stereocenters. The molecule has 0 radical (unpaired) electrons. The number of anilines is 1. The zero-order chi connectivity index (χ0) is 29.7. The fourth-order valence-electron chi connectivity index (χ4n) is 4.51. The third-order valence-corrected chi connectivity index (χ3v) is 9.49. The van der Waals surface area contributed by atoms with E-state index in [1.165, 1.54) is 64.6 Å². The van der Waals surface area contributed by atoms with Crippen LogP contribution in [0.15, 0.2) is 82.8 Å². The summed E-state index contributed by atoms with van der Waals surface area (Å²) in [4.78, 5) is 25.6. The second-order valence-electron chi connectivity index (χ2n) is 9.74. The van der Waals surface area contributed by atoms with Gasteiger partial charge in [-0.05, 0) is 86.0 Å². The largest absolute Gasteiger partial charge is 0.345 e. The monoisotopic (exact) mass is 608 g/mol. The Bertz CT molecular complexity index is 1690. The zero-order valence-electron chi connectivity index (χ0n) is 22.8. The highest BCUT2D eigenvalue weighted by atomic mass is 32.2. The van der Waals surface area contributed by atoms with E-state index in [1.54, 1.807) is 4.57 Å². The Balaban J connectivity index is 1.28. The van der Waals surface area contributed by atoms with E-state index in [4.69, 9.17) is 0 Å². The molecule has 0 unspecified atom stereocenters. The van der Waals surface area contributed by atoms with Gasteiger partial charge in [0.15, 0.2) is 11.0 Å². The van der Waals surface area contributed by atoms with Gasteiger partial charge in [-0.25, -0.2) is 12.8 Å². The Morgan fingerprint density at radius 3 is 2.38 bits per heavy atom. The molecular formula is C29H29FN6O4S2. The Labute approximate surface area is 247 Å². The van der Waals surface area contributed by atoms with Crippen LogP contribution in [0.4, 0.5) is 10.1 Å². The normalized spacial score (nSPS) is 13.7. The van der Waals surface area contributed by atoms with Gasteiger partial charge in [-0.2, -0.15) is 4.31 Å². The Hall–Kier alpha value is -4.07. The minimum Gasteiger partial charge on any atom is -0.345 e. The number of thioether (sulfide) groups is 1. The molecule has 10 nitrogen and oxygen atoms in total. The molecule has 13 heteroatoms. The topological polar surface area (TPSA) is 126 Å². The molecule has 42 heavy (non-hydrogen) atoms. The molecule has 0 aliphatic carbocycles. The van der Waals surface area contributed by atoms with E-state index < -0.39 is 21.7 Å². The van der Waals surface area contributed by atoms with Crippen LogP contribution in [0.2, 0.25) is 0 Å². The number of benzene rings is 3. The van der Waals surface area contributed by atoms with Gasteiger partial charge in [0.2, 0.25) is 15.9 Å². The average Bonchev–Trinajstić information content (AvgIpc) is 3.67. The highest BCUT2D eigenvalue weighted by molar-refractivity contribution is 7.99. The van der Waals surface area contributed by atoms with Crippen LogP contribution in [0.3, 0.4) is 0 Å². The molecule has 1 aromatic heterocycles. The second-order valence-corrected chi connectivity index (χ2v) is 12.6. The van der Waals surface area contributed by atoms with E-state index in [0.717, 1.165) is 24.1 Å². The second kappa shape index (κ2) is 12.8. The van der Waals surface area contributed by atoms with Crippen LogP contribution in [-0.4, -0.2) is 58.1 Å². The SMILES string of the molecule is Cc1cccc(-n2c(CNC(=O)c3ccc(S(=O)(=O)N4CCCC4)cc3)nnc2SCC(=O)Nc2ccc(F)cc2)c1. The van der Waals surface area contributed by atoms with Crippen molar-refractivity contribution in [3.63, 3.8) is 0 Å². The van der Waals surface area contributed by atoms with Gasteiger partial charge in [0, 0.05) is 30.0 Å². The first-order chi connectivity index (χ1) is 20.2. The minimum absolute atomic E-state index is 0.0281. The number of hydrogen-bond donors (Lipinski definition) is 2. The summed E-state index contributed by atoms with van der Waals surface area (Å²) in [5.41, 5.74) is 2.56. The Kier molecular flexibility index (Phi) is 9.00. The maximum absolute atomic E-state index is 13.2. The molecule has 1 aliphatic rings. The molecule has 2 amide bonds. The number of nitrogens with zero attached hydrogens (tertiary/aromatic N) is 4. The number of hydrogen-bond acceptors (Lipinski definition) is 7. The van der Waals surface area contributed by atoms with E-state index in [1.807, 2.05) is 31.2 Å². The maximum atomic E-state index is 13.2. The predicted octanol–water partition coefficient (Wildman–Crippen LogP) is 4.16. The lowest BCUT2D eigenvalue weighted by molar-refractivity contribution is -0.113. The van der Waals surface area contributed by atoms with Gasteiger partial charge in [0.25, 0.3) is 5.91 Å². The number of sulfonamides is 1. The summed E-state index contributed by atoms with van der Waals surface area (Å²) in [5, 5.41) is 14.5. The number of aryl methyl sites for hydroxylation is 1. The van der Waals surface area contributed by atoms with Gasteiger partial charge in [-0.3, -0.25) is 14.2 Å². The molecule has 2 heterocycles. The molecule has 0 saturated carbocycles. The molecule has 1 fully saturated rings. The van der Waals surface area contributed by atoms with Crippen molar-refractivity contribution in [1.29, 1.82) is 0 Å². The number of carbonyl (C=O) groups is 2. The van der Waals surface area contributed by atoms with E-state index in [9.17, 15) is 22.4 Å². The summed E-state index contributed by atoms with van der Waals surface area (Å²) in [7, 11) is -3.57. The maximum Gasteiger partial charge on any atom is 0.251 e. The van der Waals surface area contributed by atoms with Crippen LogP contribution in [-0.2, 0) is 21.4 Å². The molecule has 4 aromatic rings. The molecule has 5 rings (SSSR count). The lowest BCUT2D eigenvalue weighted by atomic mass is 10.2. The summed E-state index contributed by atoms with van der Waals surface area (Å²) in [6, 6.07) is 19.0. The van der Waals surface area contributed by atoms with E-state index in [-0.39, 0.29) is 23.1 Å². The molecule has 0 spiro atoms. The van der Waals surface area contributed by atoms with E-state index in [0.29, 0.717) is 35.3 Å². The number of nitrogens with one attached hydrogen (secondary N) is 2. The van der Waals surface area contributed by atoms with Crippen LogP contribution in [0, 0.1) is 12.7 Å². The summed E-state index contributed by atoms with van der Waals surface area (Å²) in [6.45, 7) is 3.00. The van der Waals surface area contributed by atoms with Crippen molar-refractivity contribution in [3.05, 3.63) is 95.6 Å². The summed E-state index contributed by atoms with van der Waals surface area (Å²) in [6.07, 6.45) is 1.69. The summed E-state index contributed by atoms with van der Waals surface area (Å²) < 4.78 is 42.0. The summed E-state index contributed by atoms with van der Waals surface area (Å²) in [5.74, 6) is -0.609. The quantitative estimate of drug-likeness (QED) is 0.259. The molecule has 2 N–H and O–H groups in total. The molecule has 0 bridgehead atoms. The van der Waals surface area contributed by atoms with E-state index >= 15 is 0 Å². The van der Waals surface area contributed by atoms with Gasteiger partial charge in [0.1, 0.15) is 5.82 Å². The molecule has 1 saturated heterocycles. The molecule has 3 aromatic carbocycles. The molecule has 1 aliphatic heterocycles. The fourth-order valence-corrected chi connectivity index (χ4v) is 6.80. The first kappa shape index (κ1) is 29.4. The van der Waals surface area contributed by atoms with Crippen molar-refractivity contribution in [3.8, 4) is 5.69 Å². The number of aromatic nitrogens is 3. The van der Waals surface area contributed by atoms with Crippen molar-refractivity contribution in [2.75, 3.05) is 24.2 Å². The predicted molar refractivity (Wildman–Crippen MR) is 157 cm³/mol. The van der Waals surface area contributed by atoms with Crippen molar-refractivity contribution in [2.24, 2.45) is 0 Å². The van der Waals surface area contributed by atoms with Crippen LogP contribution in [0.25, 0.3) is 5.69 Å². The third-order valence-electron chi connectivity index (χ3n) is 6.65. The lowest BCUT2D eigenvalue weighted by Crippen LogP contribution is -2.28. The fraction of sp³-hybridized carbons (Fsp3) is 0.241. The number of halogens is 1. The van der Waals surface area contributed by atoms with Gasteiger partial charge in [-0.15, -0.1) is 10.2 Å². The van der Waals surface area contributed by atoms with Crippen LogP contribution in [0.1, 0.15) is 34.6 Å². The van der Waals surface area contributed by atoms with Crippen molar-refractivity contribution in [1.82, 2.24) is 24.4 Å². The Morgan fingerprint density at radius 2 is 1.69 bits per heavy atom. The smallest absolute Gasteiger partial charge is 0.251 e. The minimum atomic E-state index is -3.57. The van der Waals surface area contributed by atoms with Crippen molar-refractivity contribution in [2.45, 2.75) is 36.4 Å². The van der Waals surface area contributed by atoms with Gasteiger partial charge in [-0.1, -0.05) is 23.9 Å². The van der Waals surface area contributed by atoms with E-state index in [2.05, 4.69) is 20.8 Å². The number of rotatable bonds is 10. The first-order valence-corrected chi connectivity index (χ1v) is 15.7. The third kappa shape index (κ3) is 6.86. The highest BCUT2D eigenvalue weighted by Crippen LogP contribution is 2.24. The van der Waals surface area contributed by atoms with Crippen molar-refractivity contribution >= 4 is 39.3 Å². The lowest BCUT2D eigenvalue weighted by Gasteiger charge is -2.15. The molecular weight excluding hydrogens is 579 g/mol. The summed E-state index contributed by atoms with van der Waals surface area (Å²) >= 11 is 1.17. The van der Waals surface area contributed by atoms with Gasteiger partial charge >= 0.3 is 0 Å². The van der Waals surface area contributed by atoms with Crippen LogP contribution in [0.5, 0.6) is 0 Å². The van der Waals surface area contributed by atoms with Gasteiger partial charge in [0.05, 0.1) is 17.2 Å². The molecule has 218 valence electrons. The highest BCUT2D eigenvalue weighted by Gasteiger charge is 2.27. The number of carbonyl (C=O) groups excluding carboxylic acids is 2. The number of amides is 2. The van der Waals surface area contributed by atoms with Crippen LogP contribution < -0.4 is 10.6 Å². The standard InChI is InChI=1S/C29H29FN6O4S2/c1-20-5-4-6-24(17-20)36-26(33-34-29(36)41-19-27(37)32-23-11-9-22(30)10-12-23)18-31-28(38)21-7-13-25(14-8-21)42(39,40)35-15-2-3-16-35/h4-14,17H,2-3,15-16,18-19H2,1H3,(H,31,38)(H,32,37). The first-order valence-electron chi connectivity index (χ1n) is 13.3. The van der Waals surface area contributed by atoms with Gasteiger partial charge < -0.3 is 10.6 Å². The van der Waals surface area contributed by atoms with Crippen LogP contribution >= 0.6 is 11.8 Å². The Morgan fingerprint density at radius 1 is 0.976 bits per heavy atom. The average molecular weight is 609 g/mol. The van der Waals surface area contributed by atoms with Crippen molar-refractivity contribution < 1.29 is 22.4 Å². The zero-order valence-corrected chi connectivity index (χ0v) is 24.4.